The Morgan fingerprint density at radius 3 is 2.47 bits per heavy atom. The number of amides is 1. The number of aryl methyl sites for hydroxylation is 1. The molecule has 5 rings (SSSR count). The molecule has 2 aliphatic rings. The molecular weight excluding hydrogens is 471 g/mol. The number of pyridine rings is 1. The zero-order valence-electron chi connectivity index (χ0n) is 19.4. The Morgan fingerprint density at radius 1 is 0.971 bits per heavy atom. The summed E-state index contributed by atoms with van der Waals surface area (Å²) < 4.78 is 0. The molecule has 1 aromatic heterocycles. The molecule has 6 nitrogen and oxygen atoms in total. The minimum atomic E-state index is -0.529. The van der Waals surface area contributed by atoms with Crippen LogP contribution in [0, 0.1) is 6.92 Å². The summed E-state index contributed by atoms with van der Waals surface area (Å²) in [5, 5.41) is 12.1. The molecule has 3 heterocycles. The lowest BCUT2D eigenvalue weighted by atomic mass is 10.1. The molecule has 1 atom stereocenters. The van der Waals surface area contributed by atoms with Gasteiger partial charge in [-0.1, -0.05) is 18.2 Å². The molecule has 1 N–H and O–H groups in total. The normalized spacial score (nSPS) is 17.4. The van der Waals surface area contributed by atoms with E-state index in [0.717, 1.165) is 61.6 Å². The Kier molecular flexibility index (Phi) is 8.77. The van der Waals surface area contributed by atoms with Crippen molar-refractivity contribution in [1.82, 2.24) is 9.88 Å². The Morgan fingerprint density at radius 2 is 1.74 bits per heavy atom. The van der Waals surface area contributed by atoms with Gasteiger partial charge in [0.05, 0.1) is 5.52 Å². The van der Waals surface area contributed by atoms with Crippen molar-refractivity contribution in [1.29, 1.82) is 0 Å². The predicted molar refractivity (Wildman–Crippen MR) is 143 cm³/mol. The molecule has 2 fully saturated rings. The largest absolute Gasteiger partial charge is 0.378 e. The lowest BCUT2D eigenvalue weighted by molar-refractivity contribution is -0.117. The number of hydrogen-bond donors (Lipinski definition) is 1. The smallest absolute Gasteiger partial charge is 0.227 e. The van der Waals surface area contributed by atoms with Gasteiger partial charge in [-0.25, -0.2) is 0 Å². The quantitative estimate of drug-likeness (QED) is 0.566. The van der Waals surface area contributed by atoms with Crippen molar-refractivity contribution in [2.24, 2.45) is 0 Å². The highest BCUT2D eigenvalue weighted by atomic mass is 35.5. The second kappa shape index (κ2) is 11.4. The molecule has 182 valence electrons. The number of carbonyl (C=O) groups is 1. The van der Waals surface area contributed by atoms with Crippen LogP contribution in [0.25, 0.3) is 10.9 Å². The number of halogens is 2. The van der Waals surface area contributed by atoms with Gasteiger partial charge in [0.1, 0.15) is 6.23 Å². The summed E-state index contributed by atoms with van der Waals surface area (Å²) >= 11 is 0. The number of piperazine rings is 1. The van der Waals surface area contributed by atoms with E-state index in [2.05, 4.69) is 45.1 Å². The van der Waals surface area contributed by atoms with Gasteiger partial charge in [-0.2, -0.15) is 0 Å². The van der Waals surface area contributed by atoms with Crippen molar-refractivity contribution < 1.29 is 9.90 Å². The van der Waals surface area contributed by atoms with Gasteiger partial charge in [0.15, 0.2) is 0 Å². The highest BCUT2D eigenvalue weighted by molar-refractivity contribution is 5.95. The molecule has 0 saturated carbocycles. The third-order valence-electron chi connectivity index (χ3n) is 6.64. The van der Waals surface area contributed by atoms with Crippen molar-refractivity contribution in [2.45, 2.75) is 32.4 Å². The van der Waals surface area contributed by atoms with Crippen LogP contribution in [0.4, 0.5) is 11.4 Å². The summed E-state index contributed by atoms with van der Waals surface area (Å²) in [6.45, 7) is 6.15. The molecule has 2 aliphatic heterocycles. The van der Waals surface area contributed by atoms with Crippen molar-refractivity contribution in [2.75, 3.05) is 42.5 Å². The average molecular weight is 503 g/mol. The van der Waals surface area contributed by atoms with Crippen LogP contribution in [0.2, 0.25) is 0 Å². The van der Waals surface area contributed by atoms with Crippen LogP contribution in [-0.2, 0) is 11.2 Å². The topological polar surface area (TPSA) is 59.9 Å². The monoisotopic (exact) mass is 502 g/mol. The first-order valence-corrected chi connectivity index (χ1v) is 11.5. The third-order valence-corrected chi connectivity index (χ3v) is 6.64. The Balaban J connectivity index is 0.00000162. The molecule has 0 aliphatic carbocycles. The molecule has 2 aromatic carbocycles. The lowest BCUT2D eigenvalue weighted by Gasteiger charge is -2.38. The van der Waals surface area contributed by atoms with Crippen LogP contribution in [0.5, 0.6) is 0 Å². The summed E-state index contributed by atoms with van der Waals surface area (Å²) in [4.78, 5) is 23.1. The molecule has 0 bridgehead atoms. The summed E-state index contributed by atoms with van der Waals surface area (Å²) in [5.74, 6) is 0.192. The predicted octanol–water partition coefficient (Wildman–Crippen LogP) is 4.20. The first kappa shape index (κ1) is 26.2. The van der Waals surface area contributed by atoms with Gasteiger partial charge in [-0.15, -0.1) is 24.8 Å². The zero-order chi connectivity index (χ0) is 22.1. The van der Waals surface area contributed by atoms with Gasteiger partial charge in [0, 0.05) is 68.0 Å². The number of rotatable bonds is 5. The number of hydrogen-bond acceptors (Lipinski definition) is 5. The SMILES string of the molecule is Cc1ccc2c(N3CCN(C(O)Cc4cccc(N5CCCC5=O)c4)CC3)cccc2n1.Cl.Cl. The molecule has 1 amide bonds. The second-order valence-electron chi connectivity index (χ2n) is 8.82. The number of carbonyl (C=O) groups excluding carboxylic acids is 1. The van der Waals surface area contributed by atoms with E-state index < -0.39 is 6.23 Å². The zero-order valence-corrected chi connectivity index (χ0v) is 21.0. The second-order valence-corrected chi connectivity index (χ2v) is 8.82. The molecule has 1 unspecified atom stereocenters. The maximum absolute atomic E-state index is 12.1. The van der Waals surface area contributed by atoms with E-state index in [1.165, 1.54) is 11.1 Å². The van der Waals surface area contributed by atoms with E-state index in [1.807, 2.05) is 36.1 Å². The van der Waals surface area contributed by atoms with E-state index in [4.69, 9.17) is 0 Å². The highest BCUT2D eigenvalue weighted by Gasteiger charge is 2.25. The van der Waals surface area contributed by atoms with Crippen LogP contribution in [-0.4, -0.2) is 59.8 Å². The third kappa shape index (κ3) is 5.47. The first-order chi connectivity index (χ1) is 15.6. The number of aliphatic hydroxyl groups is 1. The fraction of sp³-hybridized carbons (Fsp3) is 0.385. The Bertz CT molecular complexity index is 1130. The number of anilines is 2. The van der Waals surface area contributed by atoms with Gasteiger partial charge in [-0.3, -0.25) is 14.7 Å². The Hall–Kier alpha value is -2.38. The van der Waals surface area contributed by atoms with Crippen LogP contribution in [0.15, 0.2) is 54.6 Å². The summed E-state index contributed by atoms with van der Waals surface area (Å²) in [7, 11) is 0. The summed E-state index contributed by atoms with van der Waals surface area (Å²) in [5.41, 5.74) is 5.28. The van der Waals surface area contributed by atoms with Gasteiger partial charge in [-0.05, 0) is 55.3 Å². The average Bonchev–Trinajstić information content (AvgIpc) is 3.24. The van der Waals surface area contributed by atoms with Gasteiger partial charge >= 0.3 is 0 Å². The lowest BCUT2D eigenvalue weighted by Crippen LogP contribution is -2.51. The molecule has 0 spiro atoms. The number of aliphatic hydroxyl groups excluding tert-OH is 1. The van der Waals surface area contributed by atoms with E-state index in [0.29, 0.717) is 12.8 Å². The summed E-state index contributed by atoms with van der Waals surface area (Å²) in [6.07, 6.45) is 1.58. The minimum absolute atomic E-state index is 0. The van der Waals surface area contributed by atoms with Crippen LogP contribution >= 0.6 is 24.8 Å². The van der Waals surface area contributed by atoms with Crippen molar-refractivity contribution in [3.05, 3.63) is 65.9 Å². The van der Waals surface area contributed by atoms with Crippen molar-refractivity contribution in [3.63, 3.8) is 0 Å². The molecular formula is C26H32Cl2N4O2. The van der Waals surface area contributed by atoms with Crippen molar-refractivity contribution >= 4 is 53.0 Å². The number of benzene rings is 2. The van der Waals surface area contributed by atoms with Crippen molar-refractivity contribution in [3.8, 4) is 0 Å². The molecule has 8 heteroatoms. The molecule has 2 saturated heterocycles. The van der Waals surface area contributed by atoms with Crippen LogP contribution in [0.3, 0.4) is 0 Å². The molecule has 0 radical (unpaired) electrons. The maximum atomic E-state index is 12.1. The highest BCUT2D eigenvalue weighted by Crippen LogP contribution is 2.28. The van der Waals surface area contributed by atoms with Gasteiger partial charge < -0.3 is 14.9 Å². The van der Waals surface area contributed by atoms with E-state index in [9.17, 15) is 9.90 Å². The minimum Gasteiger partial charge on any atom is -0.378 e. The van der Waals surface area contributed by atoms with Crippen LogP contribution < -0.4 is 9.80 Å². The van der Waals surface area contributed by atoms with E-state index in [-0.39, 0.29) is 30.7 Å². The Labute approximate surface area is 213 Å². The number of aromatic nitrogens is 1. The van der Waals surface area contributed by atoms with Crippen LogP contribution in [0.1, 0.15) is 24.1 Å². The molecule has 34 heavy (non-hydrogen) atoms. The first-order valence-electron chi connectivity index (χ1n) is 11.5. The summed E-state index contributed by atoms with van der Waals surface area (Å²) in [6, 6.07) is 18.6. The van der Waals surface area contributed by atoms with Gasteiger partial charge in [0.2, 0.25) is 5.91 Å². The fourth-order valence-electron chi connectivity index (χ4n) is 4.89. The van der Waals surface area contributed by atoms with Gasteiger partial charge in [0.25, 0.3) is 0 Å². The standard InChI is InChI=1S/C26H30N4O2.2ClH/c1-19-10-11-22-23(27-19)7-3-8-24(22)28-13-15-29(16-14-28)26(32)18-20-5-2-6-21(17-20)30-12-4-9-25(30)31;;/h2-3,5-8,10-11,17,26,32H,4,9,12-16,18H2,1H3;2*1H. The van der Waals surface area contributed by atoms with E-state index >= 15 is 0 Å². The number of nitrogens with zero attached hydrogens (tertiary/aromatic N) is 4. The fourth-order valence-corrected chi connectivity index (χ4v) is 4.89. The molecule has 3 aromatic rings. The maximum Gasteiger partial charge on any atom is 0.227 e. The van der Waals surface area contributed by atoms with E-state index in [1.54, 1.807) is 0 Å². The number of fused-ring (bicyclic) bond motifs is 1.